The van der Waals surface area contributed by atoms with Gasteiger partial charge >= 0.3 is 5.97 Å². The Morgan fingerprint density at radius 2 is 1.95 bits per heavy atom. The van der Waals surface area contributed by atoms with Gasteiger partial charge in [-0.3, -0.25) is 4.98 Å². The van der Waals surface area contributed by atoms with Crippen LogP contribution in [0.3, 0.4) is 0 Å². The Morgan fingerprint density at radius 1 is 1.14 bits per heavy atom. The number of rotatable bonds is 4. The van der Waals surface area contributed by atoms with Crippen LogP contribution in [0.5, 0.6) is 11.6 Å². The van der Waals surface area contributed by atoms with Crippen LogP contribution in [0.1, 0.15) is 10.5 Å². The molecule has 7 heteroatoms. The van der Waals surface area contributed by atoms with E-state index in [9.17, 15) is 4.79 Å². The zero-order valence-corrected chi connectivity index (χ0v) is 10.7. The summed E-state index contributed by atoms with van der Waals surface area (Å²) in [6.45, 7) is 0. The van der Waals surface area contributed by atoms with Crippen molar-refractivity contribution in [2.24, 2.45) is 0 Å². The van der Waals surface area contributed by atoms with Crippen LogP contribution in [-0.4, -0.2) is 31.5 Å². The summed E-state index contributed by atoms with van der Waals surface area (Å²) in [6.07, 6.45) is 3.47. The van der Waals surface area contributed by atoms with Gasteiger partial charge in [-0.05, 0) is 29.3 Å². The molecule has 0 atom stereocenters. The standard InChI is InChI=1S/C14H10N4O3/c19-14(20)12-13(17-18-16-12)21-11-5-3-9(4-6-11)10-2-1-7-15-8-10/h1-8H,(H,19,20)(H,16,17,18). The van der Waals surface area contributed by atoms with E-state index >= 15 is 0 Å². The molecule has 0 bridgehead atoms. The molecule has 2 aromatic heterocycles. The quantitative estimate of drug-likeness (QED) is 0.761. The number of aromatic carboxylic acids is 1. The van der Waals surface area contributed by atoms with E-state index in [4.69, 9.17) is 9.84 Å². The number of pyridine rings is 1. The normalized spacial score (nSPS) is 10.3. The number of carbonyl (C=O) groups is 1. The number of nitrogens with zero attached hydrogens (tertiary/aromatic N) is 3. The van der Waals surface area contributed by atoms with E-state index in [0.717, 1.165) is 11.1 Å². The average molecular weight is 282 g/mol. The highest BCUT2D eigenvalue weighted by Gasteiger charge is 2.16. The first kappa shape index (κ1) is 12.8. The fourth-order valence-corrected chi connectivity index (χ4v) is 1.79. The van der Waals surface area contributed by atoms with E-state index in [1.807, 2.05) is 24.3 Å². The molecule has 3 rings (SSSR count). The third kappa shape index (κ3) is 2.71. The van der Waals surface area contributed by atoms with Crippen molar-refractivity contribution in [3.63, 3.8) is 0 Å². The highest BCUT2D eigenvalue weighted by molar-refractivity contribution is 5.87. The molecule has 0 amide bonds. The third-order valence-electron chi connectivity index (χ3n) is 2.79. The largest absolute Gasteiger partial charge is 0.476 e. The maximum Gasteiger partial charge on any atom is 0.359 e. The Kier molecular flexibility index (Phi) is 3.30. The molecule has 0 saturated heterocycles. The van der Waals surface area contributed by atoms with E-state index in [0.29, 0.717) is 5.75 Å². The van der Waals surface area contributed by atoms with Gasteiger partial charge in [0.05, 0.1) is 0 Å². The van der Waals surface area contributed by atoms with E-state index in [-0.39, 0.29) is 11.6 Å². The monoisotopic (exact) mass is 282 g/mol. The van der Waals surface area contributed by atoms with Gasteiger partial charge < -0.3 is 9.84 Å². The number of carboxylic acid groups (broad SMARTS) is 1. The number of hydrogen-bond donors (Lipinski definition) is 2. The van der Waals surface area contributed by atoms with Crippen molar-refractivity contribution in [2.75, 3.05) is 0 Å². The summed E-state index contributed by atoms with van der Waals surface area (Å²) >= 11 is 0. The number of H-pyrrole nitrogens is 1. The Morgan fingerprint density at radius 3 is 2.62 bits per heavy atom. The summed E-state index contributed by atoms with van der Waals surface area (Å²) in [6, 6.07) is 11.0. The van der Waals surface area contributed by atoms with E-state index in [1.54, 1.807) is 24.5 Å². The Labute approximate surface area is 119 Å². The first-order valence-corrected chi connectivity index (χ1v) is 6.06. The summed E-state index contributed by atoms with van der Waals surface area (Å²) in [5, 5.41) is 18.2. The smallest absolute Gasteiger partial charge is 0.359 e. The molecule has 0 radical (unpaired) electrons. The van der Waals surface area contributed by atoms with Crippen molar-refractivity contribution >= 4 is 5.97 Å². The second-order valence-electron chi connectivity index (χ2n) is 4.17. The number of aromatic nitrogens is 4. The molecule has 2 heterocycles. The molecule has 0 spiro atoms. The number of nitrogens with one attached hydrogen (secondary N) is 1. The molecule has 0 fully saturated rings. The summed E-state index contributed by atoms with van der Waals surface area (Å²) in [5.74, 6) is -0.780. The number of hydrogen-bond acceptors (Lipinski definition) is 5. The van der Waals surface area contributed by atoms with Gasteiger partial charge in [-0.2, -0.15) is 0 Å². The van der Waals surface area contributed by atoms with Crippen molar-refractivity contribution < 1.29 is 14.6 Å². The predicted octanol–water partition coefficient (Wildman–Crippen LogP) is 2.36. The van der Waals surface area contributed by atoms with Crippen LogP contribution in [0.2, 0.25) is 0 Å². The van der Waals surface area contributed by atoms with Crippen molar-refractivity contribution in [1.82, 2.24) is 20.4 Å². The molecule has 1 aromatic carbocycles. The minimum atomic E-state index is -1.18. The molecule has 2 N–H and O–H groups in total. The molecule has 0 aliphatic rings. The van der Waals surface area contributed by atoms with Gasteiger partial charge in [-0.25, -0.2) is 9.89 Å². The Hall–Kier alpha value is -3.22. The van der Waals surface area contributed by atoms with Gasteiger partial charge in [0, 0.05) is 12.4 Å². The van der Waals surface area contributed by atoms with Crippen LogP contribution in [0.4, 0.5) is 0 Å². The van der Waals surface area contributed by atoms with Gasteiger partial charge in [0.2, 0.25) is 5.69 Å². The zero-order valence-electron chi connectivity index (χ0n) is 10.7. The lowest BCUT2D eigenvalue weighted by atomic mass is 10.1. The summed E-state index contributed by atoms with van der Waals surface area (Å²) in [7, 11) is 0. The van der Waals surface area contributed by atoms with E-state index in [2.05, 4.69) is 20.4 Å². The molecule has 0 aliphatic heterocycles. The molecule has 7 nitrogen and oxygen atoms in total. The zero-order chi connectivity index (χ0) is 14.7. The lowest BCUT2D eigenvalue weighted by Crippen LogP contribution is -1.99. The molecule has 21 heavy (non-hydrogen) atoms. The van der Waals surface area contributed by atoms with E-state index < -0.39 is 5.97 Å². The minimum Gasteiger partial charge on any atom is -0.476 e. The van der Waals surface area contributed by atoms with E-state index in [1.165, 1.54) is 0 Å². The molecule has 0 unspecified atom stereocenters. The molecule has 0 saturated carbocycles. The van der Waals surface area contributed by atoms with Crippen molar-refractivity contribution in [1.29, 1.82) is 0 Å². The molecule has 104 valence electrons. The highest BCUT2D eigenvalue weighted by Crippen LogP contribution is 2.25. The summed E-state index contributed by atoms with van der Waals surface area (Å²) in [4.78, 5) is 15.0. The van der Waals surface area contributed by atoms with Crippen LogP contribution in [0.25, 0.3) is 11.1 Å². The molecule has 0 aliphatic carbocycles. The summed E-state index contributed by atoms with van der Waals surface area (Å²) < 4.78 is 5.40. The second kappa shape index (κ2) is 5.41. The first-order chi connectivity index (χ1) is 10.2. The Balaban J connectivity index is 1.82. The van der Waals surface area contributed by atoms with Crippen molar-refractivity contribution in [2.45, 2.75) is 0 Å². The predicted molar refractivity (Wildman–Crippen MR) is 73.1 cm³/mol. The van der Waals surface area contributed by atoms with Crippen molar-refractivity contribution in [3.05, 3.63) is 54.5 Å². The maximum absolute atomic E-state index is 10.9. The van der Waals surface area contributed by atoms with Crippen LogP contribution in [-0.2, 0) is 0 Å². The number of aromatic amines is 1. The van der Waals surface area contributed by atoms with Gasteiger partial charge in [0.15, 0.2) is 0 Å². The molecular formula is C14H10N4O3. The topological polar surface area (TPSA) is 101 Å². The van der Waals surface area contributed by atoms with Crippen molar-refractivity contribution in [3.8, 4) is 22.8 Å². The van der Waals surface area contributed by atoms with Gasteiger partial charge in [0.25, 0.3) is 5.88 Å². The fraction of sp³-hybridized carbons (Fsp3) is 0. The molecule has 3 aromatic rings. The Bertz CT molecular complexity index is 753. The van der Waals surface area contributed by atoms with Crippen LogP contribution in [0.15, 0.2) is 48.8 Å². The first-order valence-electron chi connectivity index (χ1n) is 6.06. The lowest BCUT2D eigenvalue weighted by Gasteiger charge is -2.04. The fourth-order valence-electron chi connectivity index (χ4n) is 1.79. The average Bonchev–Trinajstić information content (AvgIpc) is 2.97. The van der Waals surface area contributed by atoms with Gasteiger partial charge in [-0.1, -0.05) is 28.5 Å². The number of benzene rings is 1. The van der Waals surface area contributed by atoms with Crippen LogP contribution >= 0.6 is 0 Å². The number of carboxylic acids is 1. The molecular weight excluding hydrogens is 272 g/mol. The summed E-state index contributed by atoms with van der Waals surface area (Å²) in [5.41, 5.74) is 1.78. The second-order valence-corrected chi connectivity index (χ2v) is 4.17. The highest BCUT2D eigenvalue weighted by atomic mass is 16.5. The number of ether oxygens (including phenoxy) is 1. The SMILES string of the molecule is O=C(O)c1[nH]nnc1Oc1ccc(-c2cccnc2)cc1. The van der Waals surface area contributed by atoms with Crippen LogP contribution < -0.4 is 4.74 Å². The van der Waals surface area contributed by atoms with Crippen LogP contribution in [0, 0.1) is 0 Å². The lowest BCUT2D eigenvalue weighted by molar-refractivity contribution is 0.0687. The minimum absolute atomic E-state index is 0.0726. The maximum atomic E-state index is 10.9. The third-order valence-corrected chi connectivity index (χ3v) is 2.79. The van der Waals surface area contributed by atoms with Gasteiger partial charge in [0.1, 0.15) is 5.75 Å². The van der Waals surface area contributed by atoms with Gasteiger partial charge in [-0.15, -0.1) is 0 Å².